The van der Waals surface area contributed by atoms with Crippen LogP contribution in [0.4, 0.5) is 10.8 Å². The number of thiazole rings is 1. The summed E-state index contributed by atoms with van der Waals surface area (Å²) in [6.07, 6.45) is 1.80. The number of hydrogen-bond donors (Lipinski definition) is 1. The maximum atomic E-state index is 12.4. The number of nitrogens with one attached hydrogen (secondary N) is 1. The molecule has 3 rings (SSSR count). The number of benzene rings is 1. The molecule has 1 aromatic heterocycles. The first-order valence-corrected chi connectivity index (χ1v) is 8.02. The van der Waals surface area contributed by atoms with Gasteiger partial charge in [-0.25, -0.2) is 4.98 Å². The average molecular weight is 315 g/mol. The number of rotatable bonds is 1. The normalized spacial score (nSPS) is 13.6. The lowest BCUT2D eigenvalue weighted by Gasteiger charge is -2.28. The van der Waals surface area contributed by atoms with Crippen LogP contribution in [0.5, 0.6) is 0 Å². The van der Waals surface area contributed by atoms with Gasteiger partial charge >= 0.3 is 11.8 Å². The molecular weight excluding hydrogens is 298 g/mol. The first kappa shape index (κ1) is 14.7. The van der Waals surface area contributed by atoms with Crippen molar-refractivity contribution in [2.24, 2.45) is 0 Å². The third-order valence-electron chi connectivity index (χ3n) is 3.80. The summed E-state index contributed by atoms with van der Waals surface area (Å²) in [6, 6.07) is 7.72. The van der Waals surface area contributed by atoms with Crippen molar-refractivity contribution < 1.29 is 9.59 Å². The molecule has 22 heavy (non-hydrogen) atoms. The second kappa shape index (κ2) is 5.88. The van der Waals surface area contributed by atoms with Gasteiger partial charge in [0, 0.05) is 17.1 Å². The van der Waals surface area contributed by atoms with Crippen LogP contribution in [0.1, 0.15) is 22.6 Å². The Morgan fingerprint density at radius 1 is 1.27 bits per heavy atom. The number of aromatic nitrogens is 1. The Labute approximate surface area is 133 Å². The van der Waals surface area contributed by atoms with Gasteiger partial charge in [-0.1, -0.05) is 18.2 Å². The van der Waals surface area contributed by atoms with Gasteiger partial charge in [-0.05, 0) is 38.3 Å². The molecule has 1 aromatic carbocycles. The summed E-state index contributed by atoms with van der Waals surface area (Å²) in [6.45, 7) is 4.38. The SMILES string of the molecule is Cc1nc(NC(=O)C(=O)N2CCCc3ccccc32)sc1C. The molecule has 0 radical (unpaired) electrons. The molecule has 0 bridgehead atoms. The van der Waals surface area contributed by atoms with E-state index in [0.29, 0.717) is 11.7 Å². The van der Waals surface area contributed by atoms with Crippen LogP contribution in [-0.4, -0.2) is 23.3 Å². The molecule has 0 saturated carbocycles. The van der Waals surface area contributed by atoms with Gasteiger partial charge in [0.05, 0.1) is 5.69 Å². The highest BCUT2D eigenvalue weighted by atomic mass is 32.1. The van der Waals surface area contributed by atoms with E-state index >= 15 is 0 Å². The van der Waals surface area contributed by atoms with Crippen molar-refractivity contribution in [1.82, 2.24) is 4.98 Å². The molecule has 114 valence electrons. The maximum absolute atomic E-state index is 12.4. The van der Waals surface area contributed by atoms with Crippen molar-refractivity contribution >= 4 is 34.0 Å². The molecule has 1 aliphatic rings. The Morgan fingerprint density at radius 2 is 2.05 bits per heavy atom. The van der Waals surface area contributed by atoms with Gasteiger partial charge in [0.1, 0.15) is 0 Å². The zero-order valence-electron chi connectivity index (χ0n) is 12.5. The number of amides is 2. The standard InChI is InChI=1S/C16H17N3O2S/c1-10-11(2)22-16(17-10)18-14(20)15(21)19-9-5-7-12-6-3-4-8-13(12)19/h3-4,6,8H,5,7,9H2,1-2H3,(H,17,18,20). The van der Waals surface area contributed by atoms with E-state index in [4.69, 9.17) is 0 Å². The smallest absolute Gasteiger partial charge is 0.304 e. The molecular formula is C16H17N3O2S. The molecule has 6 heteroatoms. The Bertz CT molecular complexity index is 719. The molecule has 1 N–H and O–H groups in total. The van der Waals surface area contributed by atoms with Crippen LogP contribution in [0.2, 0.25) is 0 Å². The van der Waals surface area contributed by atoms with Crippen molar-refractivity contribution in [2.75, 3.05) is 16.8 Å². The van der Waals surface area contributed by atoms with E-state index in [1.165, 1.54) is 11.3 Å². The largest absolute Gasteiger partial charge is 0.316 e. The van der Waals surface area contributed by atoms with Crippen LogP contribution in [0.3, 0.4) is 0 Å². The summed E-state index contributed by atoms with van der Waals surface area (Å²) in [7, 11) is 0. The van der Waals surface area contributed by atoms with Crippen molar-refractivity contribution in [3.63, 3.8) is 0 Å². The molecule has 2 amide bonds. The van der Waals surface area contributed by atoms with E-state index in [0.717, 1.165) is 34.7 Å². The van der Waals surface area contributed by atoms with Crippen molar-refractivity contribution in [2.45, 2.75) is 26.7 Å². The van der Waals surface area contributed by atoms with Gasteiger partial charge < -0.3 is 4.90 Å². The minimum Gasteiger partial charge on any atom is -0.304 e. The Morgan fingerprint density at radius 3 is 2.77 bits per heavy atom. The number of hydrogen-bond acceptors (Lipinski definition) is 4. The fraction of sp³-hybridized carbons (Fsp3) is 0.312. The molecule has 0 unspecified atom stereocenters. The van der Waals surface area contributed by atoms with E-state index < -0.39 is 11.8 Å². The topological polar surface area (TPSA) is 62.3 Å². The van der Waals surface area contributed by atoms with Gasteiger partial charge in [0.15, 0.2) is 5.13 Å². The van der Waals surface area contributed by atoms with Gasteiger partial charge in [0.25, 0.3) is 0 Å². The predicted molar refractivity (Wildman–Crippen MR) is 87.3 cm³/mol. The zero-order valence-corrected chi connectivity index (χ0v) is 13.4. The van der Waals surface area contributed by atoms with Crippen LogP contribution < -0.4 is 10.2 Å². The highest BCUT2D eigenvalue weighted by Gasteiger charge is 2.27. The second-order valence-electron chi connectivity index (χ2n) is 5.30. The monoisotopic (exact) mass is 315 g/mol. The lowest BCUT2D eigenvalue weighted by Crippen LogP contribution is -2.42. The summed E-state index contributed by atoms with van der Waals surface area (Å²) in [4.78, 5) is 31.5. The van der Waals surface area contributed by atoms with Crippen LogP contribution in [-0.2, 0) is 16.0 Å². The van der Waals surface area contributed by atoms with Crippen molar-refractivity contribution in [3.8, 4) is 0 Å². The molecule has 0 saturated heterocycles. The summed E-state index contributed by atoms with van der Waals surface area (Å²) in [5, 5.41) is 3.08. The first-order chi connectivity index (χ1) is 10.6. The van der Waals surface area contributed by atoms with Gasteiger partial charge in [-0.15, -0.1) is 11.3 Å². The highest BCUT2D eigenvalue weighted by molar-refractivity contribution is 7.15. The molecule has 0 aliphatic carbocycles. The van der Waals surface area contributed by atoms with Crippen molar-refractivity contribution in [1.29, 1.82) is 0 Å². The zero-order chi connectivity index (χ0) is 15.7. The number of aryl methyl sites for hydroxylation is 3. The van der Waals surface area contributed by atoms with Gasteiger partial charge in [-0.2, -0.15) is 0 Å². The molecule has 0 atom stereocenters. The summed E-state index contributed by atoms with van der Waals surface area (Å²) in [5.41, 5.74) is 2.81. The van der Waals surface area contributed by atoms with Crippen molar-refractivity contribution in [3.05, 3.63) is 40.4 Å². The maximum Gasteiger partial charge on any atom is 0.316 e. The average Bonchev–Trinajstić information content (AvgIpc) is 2.83. The number of para-hydroxylation sites is 1. The number of carbonyl (C=O) groups is 2. The first-order valence-electron chi connectivity index (χ1n) is 7.21. The molecule has 5 nitrogen and oxygen atoms in total. The summed E-state index contributed by atoms with van der Waals surface area (Å²) in [5.74, 6) is -1.16. The van der Waals surface area contributed by atoms with E-state index in [9.17, 15) is 9.59 Å². The van der Waals surface area contributed by atoms with E-state index in [1.54, 1.807) is 4.90 Å². The minimum absolute atomic E-state index is 0.471. The molecule has 0 fully saturated rings. The lowest BCUT2D eigenvalue weighted by atomic mass is 10.0. The Kier molecular flexibility index (Phi) is 3.94. The molecule has 0 spiro atoms. The predicted octanol–water partition coefficient (Wildman–Crippen LogP) is 2.68. The summed E-state index contributed by atoms with van der Waals surface area (Å²) < 4.78 is 0. The fourth-order valence-electron chi connectivity index (χ4n) is 2.54. The Hall–Kier alpha value is -2.21. The summed E-state index contributed by atoms with van der Waals surface area (Å²) >= 11 is 1.38. The third kappa shape index (κ3) is 2.74. The highest BCUT2D eigenvalue weighted by Crippen LogP contribution is 2.27. The van der Waals surface area contributed by atoms with E-state index in [-0.39, 0.29) is 0 Å². The fourth-order valence-corrected chi connectivity index (χ4v) is 3.35. The number of nitrogens with zero attached hydrogens (tertiary/aromatic N) is 2. The third-order valence-corrected chi connectivity index (χ3v) is 4.79. The quantitative estimate of drug-likeness (QED) is 0.823. The van der Waals surface area contributed by atoms with Crippen LogP contribution in [0.15, 0.2) is 24.3 Å². The number of fused-ring (bicyclic) bond motifs is 1. The van der Waals surface area contributed by atoms with Crippen LogP contribution >= 0.6 is 11.3 Å². The molecule has 2 aromatic rings. The van der Waals surface area contributed by atoms with Crippen LogP contribution in [0.25, 0.3) is 0 Å². The van der Waals surface area contributed by atoms with Gasteiger partial charge in [-0.3, -0.25) is 14.9 Å². The lowest BCUT2D eigenvalue weighted by molar-refractivity contribution is -0.134. The minimum atomic E-state index is -0.634. The van der Waals surface area contributed by atoms with E-state index in [2.05, 4.69) is 10.3 Å². The molecule has 2 heterocycles. The number of anilines is 2. The second-order valence-corrected chi connectivity index (χ2v) is 6.51. The van der Waals surface area contributed by atoms with E-state index in [1.807, 2.05) is 38.1 Å². The number of carbonyl (C=O) groups excluding carboxylic acids is 2. The van der Waals surface area contributed by atoms with Crippen LogP contribution in [0, 0.1) is 13.8 Å². The van der Waals surface area contributed by atoms with Gasteiger partial charge in [0.2, 0.25) is 0 Å². The molecule has 1 aliphatic heterocycles. The Balaban J connectivity index is 1.78.